The molecule has 1 atom stereocenters. The molecule has 0 saturated carbocycles. The molecule has 0 aromatic carbocycles. The van der Waals surface area contributed by atoms with Crippen LogP contribution in [0.25, 0.3) is 0 Å². The van der Waals surface area contributed by atoms with Crippen molar-refractivity contribution in [3.8, 4) is 0 Å². The van der Waals surface area contributed by atoms with Crippen LogP contribution in [0, 0.1) is 11.8 Å². The molecule has 2 saturated heterocycles. The average molecular weight is 324 g/mol. The molecule has 0 bridgehead atoms. The minimum atomic E-state index is -2.95. The van der Waals surface area contributed by atoms with Gasteiger partial charge in [0.25, 0.3) is 0 Å². The van der Waals surface area contributed by atoms with Crippen molar-refractivity contribution in [2.45, 2.75) is 19.3 Å². The summed E-state index contributed by atoms with van der Waals surface area (Å²) in [5, 5.41) is 0.993. The Morgan fingerprint density at radius 1 is 1.24 bits per heavy atom. The number of hydrogen-bond donors (Lipinski definition) is 0. The molecular weight excluding hydrogens is 306 g/mol. The summed E-state index contributed by atoms with van der Waals surface area (Å²) in [6.45, 7) is 1.57. The van der Waals surface area contributed by atoms with E-state index in [1.165, 1.54) is 0 Å². The number of piperidine rings is 1. The summed E-state index contributed by atoms with van der Waals surface area (Å²) in [5.41, 5.74) is 0. The Hall–Kier alpha value is -0.100. The maximum atomic E-state index is 12.1. The van der Waals surface area contributed by atoms with E-state index in [-0.39, 0.29) is 23.3 Å². The summed E-state index contributed by atoms with van der Waals surface area (Å²) >= 11 is 3.47. The fraction of sp³-hybridized carbons (Fsp3) is 0.909. The van der Waals surface area contributed by atoms with E-state index < -0.39 is 9.84 Å². The van der Waals surface area contributed by atoms with Crippen molar-refractivity contribution in [3.05, 3.63) is 0 Å². The Kier molecular flexibility index (Phi) is 4.13. The molecule has 1 amide bonds. The monoisotopic (exact) mass is 323 g/mol. The zero-order valence-corrected chi connectivity index (χ0v) is 12.2. The van der Waals surface area contributed by atoms with Crippen molar-refractivity contribution in [3.63, 3.8) is 0 Å². The predicted molar refractivity (Wildman–Crippen MR) is 69.9 cm³/mol. The van der Waals surface area contributed by atoms with Gasteiger partial charge in [-0.2, -0.15) is 0 Å². The van der Waals surface area contributed by atoms with Crippen LogP contribution in [0.3, 0.4) is 0 Å². The highest BCUT2D eigenvalue weighted by atomic mass is 79.9. The van der Waals surface area contributed by atoms with Crippen molar-refractivity contribution in [2.24, 2.45) is 11.8 Å². The highest BCUT2D eigenvalue weighted by molar-refractivity contribution is 9.09. The van der Waals surface area contributed by atoms with Crippen LogP contribution in [0.4, 0.5) is 0 Å². The van der Waals surface area contributed by atoms with Gasteiger partial charge in [0, 0.05) is 18.4 Å². The first-order chi connectivity index (χ1) is 8.02. The lowest BCUT2D eigenvalue weighted by atomic mass is 9.97. The second kappa shape index (κ2) is 5.26. The molecule has 17 heavy (non-hydrogen) atoms. The summed E-state index contributed by atoms with van der Waals surface area (Å²) in [6.07, 6.45) is 2.56. The van der Waals surface area contributed by atoms with Gasteiger partial charge in [-0.25, -0.2) is 8.42 Å². The third kappa shape index (κ3) is 3.22. The molecule has 0 spiro atoms. The fourth-order valence-corrected chi connectivity index (χ4v) is 4.94. The van der Waals surface area contributed by atoms with Crippen LogP contribution < -0.4 is 0 Å². The van der Waals surface area contributed by atoms with Crippen LogP contribution in [0.1, 0.15) is 19.3 Å². The highest BCUT2D eigenvalue weighted by Crippen LogP contribution is 2.24. The highest BCUT2D eigenvalue weighted by Gasteiger charge is 2.36. The van der Waals surface area contributed by atoms with Gasteiger partial charge in [0.05, 0.1) is 17.4 Å². The van der Waals surface area contributed by atoms with E-state index in [9.17, 15) is 13.2 Å². The number of alkyl halides is 1. The second-order valence-corrected chi connectivity index (χ2v) is 7.90. The molecule has 0 N–H and O–H groups in total. The minimum absolute atomic E-state index is 0.0547. The minimum Gasteiger partial charge on any atom is -0.342 e. The number of carbonyl (C=O) groups excluding carboxylic acids is 1. The summed E-state index contributed by atoms with van der Waals surface area (Å²) in [5.74, 6) is 0.678. The van der Waals surface area contributed by atoms with Crippen molar-refractivity contribution in [2.75, 3.05) is 29.9 Å². The van der Waals surface area contributed by atoms with Crippen molar-refractivity contribution in [1.82, 2.24) is 4.90 Å². The number of halogens is 1. The Balaban J connectivity index is 1.89. The van der Waals surface area contributed by atoms with Gasteiger partial charge in [-0.3, -0.25) is 4.79 Å². The predicted octanol–water partition coefficient (Wildman–Crippen LogP) is 1.05. The zero-order chi connectivity index (χ0) is 12.5. The van der Waals surface area contributed by atoms with Crippen LogP contribution >= 0.6 is 15.9 Å². The van der Waals surface area contributed by atoms with E-state index in [1.54, 1.807) is 0 Å². The Morgan fingerprint density at radius 2 is 1.88 bits per heavy atom. The normalized spacial score (nSPS) is 29.5. The standard InChI is InChI=1S/C11H18BrNO3S/c12-7-9-1-4-13(5-2-9)11(14)10-3-6-17(15,16)8-10/h9-10H,1-8H2. The average Bonchev–Trinajstić information content (AvgIpc) is 2.69. The van der Waals surface area contributed by atoms with Gasteiger partial charge in [0.1, 0.15) is 0 Å². The lowest BCUT2D eigenvalue weighted by Crippen LogP contribution is -2.42. The van der Waals surface area contributed by atoms with Crippen molar-refractivity contribution < 1.29 is 13.2 Å². The Labute approximate surface area is 111 Å². The van der Waals surface area contributed by atoms with Crippen LogP contribution in [-0.4, -0.2) is 49.2 Å². The number of hydrogen-bond acceptors (Lipinski definition) is 3. The molecular formula is C11H18BrNO3S. The molecule has 98 valence electrons. The lowest BCUT2D eigenvalue weighted by molar-refractivity contribution is -0.136. The summed E-state index contributed by atoms with van der Waals surface area (Å²) in [7, 11) is -2.95. The van der Waals surface area contributed by atoms with Crippen LogP contribution in [-0.2, 0) is 14.6 Å². The summed E-state index contributed by atoms with van der Waals surface area (Å²) < 4.78 is 22.7. The maximum Gasteiger partial charge on any atom is 0.226 e. The van der Waals surface area contributed by atoms with Gasteiger partial charge in [0.2, 0.25) is 5.91 Å². The third-order valence-corrected chi connectivity index (χ3v) is 6.41. The number of carbonyl (C=O) groups is 1. The number of rotatable bonds is 2. The smallest absolute Gasteiger partial charge is 0.226 e. The third-order valence-electron chi connectivity index (χ3n) is 3.73. The SMILES string of the molecule is O=C(C1CCS(=O)(=O)C1)N1CCC(CBr)CC1. The van der Waals surface area contributed by atoms with E-state index >= 15 is 0 Å². The first-order valence-electron chi connectivity index (χ1n) is 6.07. The van der Waals surface area contributed by atoms with Crippen molar-refractivity contribution >= 4 is 31.7 Å². The zero-order valence-electron chi connectivity index (χ0n) is 9.77. The van der Waals surface area contributed by atoms with Crippen LogP contribution in [0.15, 0.2) is 0 Å². The van der Waals surface area contributed by atoms with E-state index in [2.05, 4.69) is 15.9 Å². The first-order valence-corrected chi connectivity index (χ1v) is 9.01. The van der Waals surface area contributed by atoms with Gasteiger partial charge in [-0.15, -0.1) is 0 Å². The molecule has 2 heterocycles. The molecule has 0 aliphatic carbocycles. The maximum absolute atomic E-state index is 12.1. The van der Waals surface area contributed by atoms with Gasteiger partial charge in [-0.1, -0.05) is 15.9 Å². The molecule has 2 aliphatic heterocycles. The molecule has 4 nitrogen and oxygen atoms in total. The van der Waals surface area contributed by atoms with Gasteiger partial charge in [0.15, 0.2) is 9.84 Å². The molecule has 1 unspecified atom stereocenters. The van der Waals surface area contributed by atoms with Crippen LogP contribution in [0.5, 0.6) is 0 Å². The Bertz CT molecular complexity index is 388. The van der Waals surface area contributed by atoms with Gasteiger partial charge < -0.3 is 4.90 Å². The fourth-order valence-electron chi connectivity index (χ4n) is 2.56. The van der Waals surface area contributed by atoms with Crippen molar-refractivity contribution in [1.29, 1.82) is 0 Å². The quantitative estimate of drug-likeness (QED) is 0.714. The van der Waals surface area contributed by atoms with E-state index in [0.29, 0.717) is 12.3 Å². The lowest BCUT2D eigenvalue weighted by Gasteiger charge is -2.32. The van der Waals surface area contributed by atoms with E-state index in [4.69, 9.17) is 0 Å². The van der Waals surface area contributed by atoms with E-state index in [0.717, 1.165) is 31.3 Å². The molecule has 6 heteroatoms. The van der Waals surface area contributed by atoms with Gasteiger partial charge in [-0.05, 0) is 25.2 Å². The first kappa shape index (κ1) is 13.3. The molecule has 0 aromatic rings. The topological polar surface area (TPSA) is 54.5 Å². The second-order valence-electron chi connectivity index (χ2n) is 5.02. The number of likely N-dealkylation sites (tertiary alicyclic amines) is 1. The number of amides is 1. The number of sulfone groups is 1. The molecule has 0 aromatic heterocycles. The van der Waals surface area contributed by atoms with Crippen LogP contribution in [0.2, 0.25) is 0 Å². The summed E-state index contributed by atoms with van der Waals surface area (Å²) in [6, 6.07) is 0. The Morgan fingerprint density at radius 3 is 2.35 bits per heavy atom. The largest absolute Gasteiger partial charge is 0.342 e. The molecule has 0 radical (unpaired) electrons. The molecule has 2 fully saturated rings. The summed E-state index contributed by atoms with van der Waals surface area (Å²) in [4.78, 5) is 14.0. The molecule has 2 aliphatic rings. The van der Waals surface area contributed by atoms with E-state index in [1.807, 2.05) is 4.90 Å². The molecule has 2 rings (SSSR count). The number of nitrogens with zero attached hydrogens (tertiary/aromatic N) is 1. The van der Waals surface area contributed by atoms with Gasteiger partial charge >= 0.3 is 0 Å².